The van der Waals surface area contributed by atoms with Crippen molar-refractivity contribution in [3.05, 3.63) is 96.1 Å². The highest BCUT2D eigenvalue weighted by atomic mass is 35.5. The Morgan fingerprint density at radius 3 is 2.10 bits per heavy atom. The molecular formula is C23H22ClNO5S. The number of carbonyl (C=O) groups is 1. The summed E-state index contributed by atoms with van der Waals surface area (Å²) in [6, 6.07) is 23.3. The Labute approximate surface area is 186 Å². The minimum Gasteiger partial charge on any atom is -0.387 e. The Morgan fingerprint density at radius 2 is 1.52 bits per heavy atom. The number of aliphatic hydroxyl groups excluding tert-OH is 1. The zero-order valence-electron chi connectivity index (χ0n) is 16.6. The number of hydrogen-bond acceptors (Lipinski definition) is 5. The molecule has 0 spiro atoms. The fourth-order valence-corrected chi connectivity index (χ4v) is 4.08. The molecule has 0 aliphatic carbocycles. The van der Waals surface area contributed by atoms with E-state index in [1.165, 1.54) is 29.2 Å². The van der Waals surface area contributed by atoms with Crippen molar-refractivity contribution in [2.45, 2.75) is 17.5 Å². The summed E-state index contributed by atoms with van der Waals surface area (Å²) >= 11 is 5.73. The number of rotatable bonds is 9. The van der Waals surface area contributed by atoms with Gasteiger partial charge in [-0.3, -0.25) is 4.79 Å². The summed E-state index contributed by atoms with van der Waals surface area (Å²) in [5, 5.41) is 10.6. The molecule has 3 rings (SSSR count). The van der Waals surface area contributed by atoms with E-state index in [0.29, 0.717) is 12.1 Å². The monoisotopic (exact) mass is 459 g/mol. The fourth-order valence-electron chi connectivity index (χ4n) is 2.96. The van der Waals surface area contributed by atoms with Gasteiger partial charge in [-0.05, 0) is 35.4 Å². The third-order valence-electron chi connectivity index (χ3n) is 4.58. The van der Waals surface area contributed by atoms with Crippen molar-refractivity contribution < 1.29 is 22.5 Å². The van der Waals surface area contributed by atoms with Gasteiger partial charge >= 0.3 is 10.1 Å². The van der Waals surface area contributed by atoms with Gasteiger partial charge in [0.25, 0.3) is 0 Å². The lowest BCUT2D eigenvalue weighted by molar-refractivity contribution is -0.130. The van der Waals surface area contributed by atoms with Crippen LogP contribution in [0.5, 0.6) is 5.75 Å². The molecule has 0 aliphatic heterocycles. The predicted octanol–water partition coefficient (Wildman–Crippen LogP) is 3.76. The van der Waals surface area contributed by atoms with E-state index >= 15 is 0 Å². The van der Waals surface area contributed by atoms with Crippen LogP contribution >= 0.6 is 11.6 Å². The van der Waals surface area contributed by atoms with Crippen molar-refractivity contribution in [1.29, 1.82) is 0 Å². The van der Waals surface area contributed by atoms with Gasteiger partial charge in [-0.1, -0.05) is 60.7 Å². The highest BCUT2D eigenvalue weighted by Crippen LogP contribution is 2.23. The first-order valence-electron chi connectivity index (χ1n) is 9.54. The van der Waals surface area contributed by atoms with Gasteiger partial charge in [0.15, 0.2) is 0 Å². The summed E-state index contributed by atoms with van der Waals surface area (Å²) < 4.78 is 29.8. The third kappa shape index (κ3) is 6.30. The summed E-state index contributed by atoms with van der Waals surface area (Å²) in [6.45, 7) is 0.364. The van der Waals surface area contributed by atoms with Crippen LogP contribution < -0.4 is 4.18 Å². The van der Waals surface area contributed by atoms with Gasteiger partial charge in [0.2, 0.25) is 5.91 Å². The van der Waals surface area contributed by atoms with Gasteiger partial charge in [-0.25, -0.2) is 0 Å². The van der Waals surface area contributed by atoms with Gasteiger partial charge in [-0.2, -0.15) is 8.42 Å². The van der Waals surface area contributed by atoms with E-state index < -0.39 is 16.2 Å². The first-order chi connectivity index (χ1) is 14.9. The van der Waals surface area contributed by atoms with Crippen LogP contribution in [0.1, 0.15) is 17.2 Å². The molecule has 162 valence electrons. The minimum atomic E-state index is -3.94. The molecule has 0 unspecified atom stereocenters. The van der Waals surface area contributed by atoms with Crippen molar-refractivity contribution in [1.82, 2.24) is 4.90 Å². The van der Waals surface area contributed by atoms with Crippen LogP contribution in [0.2, 0.25) is 0 Å². The number of aliphatic hydroxyl groups is 1. The van der Waals surface area contributed by atoms with Crippen LogP contribution in [0.3, 0.4) is 0 Å². The topological polar surface area (TPSA) is 83.9 Å². The van der Waals surface area contributed by atoms with Crippen LogP contribution in [0.15, 0.2) is 89.8 Å². The second kappa shape index (κ2) is 10.4. The molecule has 3 aromatic carbocycles. The summed E-state index contributed by atoms with van der Waals surface area (Å²) in [5.41, 5.74) is 1.44. The molecule has 1 N–H and O–H groups in total. The van der Waals surface area contributed by atoms with E-state index in [-0.39, 0.29) is 29.0 Å². The molecule has 1 atom stereocenters. The molecule has 0 bridgehead atoms. The molecule has 31 heavy (non-hydrogen) atoms. The van der Waals surface area contributed by atoms with E-state index in [0.717, 1.165) is 5.56 Å². The predicted molar refractivity (Wildman–Crippen MR) is 118 cm³/mol. The SMILES string of the molecule is O=C(CCl)N(Cc1ccccc1)C[C@@H](O)c1ccc(OS(=O)(=O)c2ccccc2)cc1. The lowest BCUT2D eigenvalue weighted by atomic mass is 10.1. The van der Waals surface area contributed by atoms with Gasteiger partial charge < -0.3 is 14.2 Å². The number of carbonyl (C=O) groups excluding carboxylic acids is 1. The van der Waals surface area contributed by atoms with Crippen LogP contribution in [0, 0.1) is 0 Å². The molecule has 0 saturated heterocycles. The van der Waals surface area contributed by atoms with Crippen molar-refractivity contribution >= 4 is 27.6 Å². The minimum absolute atomic E-state index is 0.0446. The zero-order chi connectivity index (χ0) is 22.3. The Balaban J connectivity index is 1.68. The number of alkyl halides is 1. The second-order valence-electron chi connectivity index (χ2n) is 6.83. The van der Waals surface area contributed by atoms with E-state index in [1.807, 2.05) is 30.3 Å². The van der Waals surface area contributed by atoms with Crippen LogP contribution in [-0.2, 0) is 21.5 Å². The average Bonchev–Trinajstić information content (AvgIpc) is 2.79. The van der Waals surface area contributed by atoms with Gasteiger partial charge in [0.1, 0.15) is 16.5 Å². The van der Waals surface area contributed by atoms with E-state index in [1.54, 1.807) is 30.3 Å². The Bertz CT molecular complexity index is 1090. The number of amides is 1. The molecule has 0 aromatic heterocycles. The molecule has 3 aromatic rings. The Morgan fingerprint density at radius 1 is 0.935 bits per heavy atom. The Hall–Kier alpha value is -2.87. The number of halogens is 1. The summed E-state index contributed by atoms with van der Waals surface area (Å²) in [7, 11) is -3.94. The summed E-state index contributed by atoms with van der Waals surface area (Å²) in [4.78, 5) is 13.8. The normalized spacial score (nSPS) is 12.2. The molecule has 0 fully saturated rings. The first-order valence-corrected chi connectivity index (χ1v) is 11.5. The lowest BCUT2D eigenvalue weighted by Crippen LogP contribution is -2.35. The van der Waals surface area contributed by atoms with Crippen LogP contribution in [-0.4, -0.2) is 36.8 Å². The maximum atomic E-state index is 12.3. The Kier molecular flexibility index (Phi) is 7.68. The van der Waals surface area contributed by atoms with Crippen molar-refractivity contribution in [2.75, 3.05) is 12.4 Å². The van der Waals surface area contributed by atoms with Crippen LogP contribution in [0.25, 0.3) is 0 Å². The quantitative estimate of drug-likeness (QED) is 0.389. The standard InChI is InChI=1S/C23H22ClNO5S/c24-15-23(27)25(16-18-7-3-1-4-8-18)17-22(26)19-11-13-20(14-12-19)30-31(28,29)21-9-5-2-6-10-21/h1-14,22,26H,15-17H2/t22-/m1/s1. The van der Waals surface area contributed by atoms with Crippen molar-refractivity contribution in [3.63, 3.8) is 0 Å². The number of hydrogen-bond donors (Lipinski definition) is 1. The zero-order valence-corrected chi connectivity index (χ0v) is 18.2. The maximum Gasteiger partial charge on any atom is 0.339 e. The molecule has 0 aliphatic rings. The number of nitrogens with zero attached hydrogens (tertiary/aromatic N) is 1. The molecule has 0 saturated carbocycles. The fraction of sp³-hybridized carbons (Fsp3) is 0.174. The van der Waals surface area contributed by atoms with Crippen molar-refractivity contribution in [3.8, 4) is 5.75 Å². The highest BCUT2D eigenvalue weighted by Gasteiger charge is 2.20. The van der Waals surface area contributed by atoms with E-state index in [9.17, 15) is 18.3 Å². The van der Waals surface area contributed by atoms with Crippen LogP contribution in [0.4, 0.5) is 0 Å². The summed E-state index contributed by atoms with van der Waals surface area (Å²) in [6.07, 6.45) is -0.976. The van der Waals surface area contributed by atoms with E-state index in [4.69, 9.17) is 15.8 Å². The third-order valence-corrected chi connectivity index (χ3v) is 6.07. The molecule has 6 nitrogen and oxygen atoms in total. The molecule has 0 radical (unpaired) electrons. The lowest BCUT2D eigenvalue weighted by Gasteiger charge is -2.25. The van der Waals surface area contributed by atoms with Gasteiger partial charge in [-0.15, -0.1) is 11.6 Å². The largest absolute Gasteiger partial charge is 0.387 e. The van der Waals surface area contributed by atoms with Gasteiger partial charge in [0, 0.05) is 6.54 Å². The second-order valence-corrected chi connectivity index (χ2v) is 8.64. The smallest absolute Gasteiger partial charge is 0.339 e. The average molecular weight is 460 g/mol. The molecule has 0 heterocycles. The maximum absolute atomic E-state index is 12.3. The molecule has 1 amide bonds. The first kappa shape index (κ1) is 22.8. The summed E-state index contributed by atoms with van der Waals surface area (Å²) in [5.74, 6) is -0.361. The van der Waals surface area contributed by atoms with Gasteiger partial charge in [0.05, 0.1) is 12.6 Å². The van der Waals surface area contributed by atoms with E-state index in [2.05, 4.69) is 0 Å². The van der Waals surface area contributed by atoms with Crippen molar-refractivity contribution in [2.24, 2.45) is 0 Å². The highest BCUT2D eigenvalue weighted by molar-refractivity contribution is 7.87. The molecular weight excluding hydrogens is 438 g/mol. The number of benzene rings is 3. The molecule has 8 heteroatoms.